The lowest BCUT2D eigenvalue weighted by Gasteiger charge is -2.28. The SMILES string of the molecule is CC(CN(C)C(=O)NC(c1ccc2c(c1)OCCO2)C(C)C)C(=O)O. The Morgan fingerprint density at radius 3 is 2.44 bits per heavy atom. The molecular formula is C18H26N2O5. The molecule has 25 heavy (non-hydrogen) atoms. The fraction of sp³-hybridized carbons (Fsp3) is 0.556. The number of ether oxygens (including phenoxy) is 2. The maximum Gasteiger partial charge on any atom is 0.317 e. The summed E-state index contributed by atoms with van der Waals surface area (Å²) in [5.74, 6) is -0.0148. The molecular weight excluding hydrogens is 324 g/mol. The third-order valence-electron chi connectivity index (χ3n) is 4.19. The molecule has 2 rings (SSSR count). The van der Waals surface area contributed by atoms with E-state index in [1.54, 1.807) is 14.0 Å². The second-order valence-corrected chi connectivity index (χ2v) is 6.69. The Morgan fingerprint density at radius 1 is 1.20 bits per heavy atom. The normalized spacial score (nSPS) is 15.4. The molecule has 1 aromatic rings. The summed E-state index contributed by atoms with van der Waals surface area (Å²) in [4.78, 5) is 24.8. The number of hydrogen-bond acceptors (Lipinski definition) is 4. The predicted octanol–water partition coefficient (Wildman–Crippen LogP) is 2.52. The van der Waals surface area contributed by atoms with Crippen LogP contribution < -0.4 is 14.8 Å². The van der Waals surface area contributed by atoms with Gasteiger partial charge in [0.2, 0.25) is 0 Å². The van der Waals surface area contributed by atoms with Gasteiger partial charge < -0.3 is 24.8 Å². The highest BCUT2D eigenvalue weighted by Gasteiger charge is 2.24. The highest BCUT2D eigenvalue weighted by atomic mass is 16.6. The topological polar surface area (TPSA) is 88.1 Å². The molecule has 1 aliphatic heterocycles. The highest BCUT2D eigenvalue weighted by molar-refractivity contribution is 5.76. The van der Waals surface area contributed by atoms with Crippen LogP contribution >= 0.6 is 0 Å². The van der Waals surface area contributed by atoms with Crippen molar-refractivity contribution < 1.29 is 24.2 Å². The summed E-state index contributed by atoms with van der Waals surface area (Å²) in [6, 6.07) is 5.13. The number of amides is 2. The molecule has 2 amide bonds. The number of carbonyl (C=O) groups excluding carboxylic acids is 1. The first-order valence-electron chi connectivity index (χ1n) is 8.43. The molecule has 2 unspecified atom stereocenters. The van der Waals surface area contributed by atoms with Crippen molar-refractivity contribution in [2.45, 2.75) is 26.8 Å². The lowest BCUT2D eigenvalue weighted by atomic mass is 9.95. The van der Waals surface area contributed by atoms with Gasteiger partial charge in [-0.2, -0.15) is 0 Å². The van der Waals surface area contributed by atoms with Gasteiger partial charge in [-0.3, -0.25) is 4.79 Å². The van der Waals surface area contributed by atoms with Crippen molar-refractivity contribution in [2.75, 3.05) is 26.8 Å². The molecule has 138 valence electrons. The Kier molecular flexibility index (Phi) is 6.12. The van der Waals surface area contributed by atoms with Gasteiger partial charge in [0.05, 0.1) is 12.0 Å². The Bertz CT molecular complexity index is 632. The minimum Gasteiger partial charge on any atom is -0.486 e. The Balaban J connectivity index is 2.10. The molecule has 0 aromatic heterocycles. The molecule has 0 saturated heterocycles. The zero-order valence-electron chi connectivity index (χ0n) is 15.1. The van der Waals surface area contributed by atoms with Gasteiger partial charge in [-0.05, 0) is 23.6 Å². The zero-order chi connectivity index (χ0) is 18.6. The average molecular weight is 350 g/mol. The highest BCUT2D eigenvalue weighted by Crippen LogP contribution is 2.34. The van der Waals surface area contributed by atoms with E-state index in [9.17, 15) is 9.59 Å². The first-order valence-corrected chi connectivity index (χ1v) is 8.43. The summed E-state index contributed by atoms with van der Waals surface area (Å²) in [5, 5.41) is 12.0. The Hall–Kier alpha value is -2.44. The van der Waals surface area contributed by atoms with E-state index in [0.717, 1.165) is 5.56 Å². The summed E-state index contributed by atoms with van der Waals surface area (Å²) in [7, 11) is 1.59. The van der Waals surface area contributed by atoms with Crippen LogP contribution in [-0.2, 0) is 4.79 Å². The summed E-state index contributed by atoms with van der Waals surface area (Å²) in [5.41, 5.74) is 0.923. The monoisotopic (exact) mass is 350 g/mol. The summed E-state index contributed by atoms with van der Waals surface area (Å²) < 4.78 is 11.1. The quantitative estimate of drug-likeness (QED) is 0.823. The second kappa shape index (κ2) is 8.09. The van der Waals surface area contributed by atoms with Crippen LogP contribution in [0.2, 0.25) is 0 Å². The van der Waals surface area contributed by atoms with E-state index in [1.807, 2.05) is 32.0 Å². The number of hydrogen-bond donors (Lipinski definition) is 2. The molecule has 2 N–H and O–H groups in total. The van der Waals surface area contributed by atoms with E-state index < -0.39 is 11.9 Å². The van der Waals surface area contributed by atoms with Crippen molar-refractivity contribution in [3.63, 3.8) is 0 Å². The van der Waals surface area contributed by atoms with E-state index in [-0.39, 0.29) is 24.5 Å². The van der Waals surface area contributed by atoms with E-state index in [0.29, 0.717) is 24.7 Å². The number of aliphatic carboxylic acids is 1. The molecule has 0 saturated carbocycles. The van der Waals surface area contributed by atoms with Crippen LogP contribution in [-0.4, -0.2) is 48.8 Å². The van der Waals surface area contributed by atoms with E-state index in [2.05, 4.69) is 5.32 Å². The van der Waals surface area contributed by atoms with Gasteiger partial charge in [0.1, 0.15) is 13.2 Å². The van der Waals surface area contributed by atoms with Crippen LogP contribution in [0, 0.1) is 11.8 Å². The minimum atomic E-state index is -0.924. The maximum atomic E-state index is 12.4. The van der Waals surface area contributed by atoms with Crippen molar-refractivity contribution in [3.8, 4) is 11.5 Å². The molecule has 0 radical (unpaired) electrons. The van der Waals surface area contributed by atoms with Crippen LogP contribution in [0.15, 0.2) is 18.2 Å². The van der Waals surface area contributed by atoms with Crippen LogP contribution in [0.5, 0.6) is 11.5 Å². The number of carboxylic acids is 1. The third kappa shape index (κ3) is 4.78. The van der Waals surface area contributed by atoms with E-state index in [4.69, 9.17) is 14.6 Å². The fourth-order valence-corrected chi connectivity index (χ4v) is 2.70. The van der Waals surface area contributed by atoms with Gasteiger partial charge >= 0.3 is 12.0 Å². The van der Waals surface area contributed by atoms with Crippen molar-refractivity contribution in [2.24, 2.45) is 11.8 Å². The van der Waals surface area contributed by atoms with Crippen LogP contribution in [0.25, 0.3) is 0 Å². The van der Waals surface area contributed by atoms with Crippen molar-refractivity contribution in [1.82, 2.24) is 10.2 Å². The molecule has 0 fully saturated rings. The minimum absolute atomic E-state index is 0.146. The van der Waals surface area contributed by atoms with Gasteiger partial charge in [-0.1, -0.05) is 26.8 Å². The molecule has 0 bridgehead atoms. The van der Waals surface area contributed by atoms with Gasteiger partial charge in [0.25, 0.3) is 0 Å². The maximum absolute atomic E-state index is 12.4. The van der Waals surface area contributed by atoms with Crippen LogP contribution in [0.4, 0.5) is 4.79 Å². The summed E-state index contributed by atoms with van der Waals surface area (Å²) >= 11 is 0. The first kappa shape index (κ1) is 18.9. The molecule has 0 aliphatic carbocycles. The Morgan fingerprint density at radius 2 is 1.84 bits per heavy atom. The molecule has 1 aliphatic rings. The Labute approximate surface area is 147 Å². The molecule has 0 spiro atoms. The number of fused-ring (bicyclic) bond motifs is 1. The number of benzene rings is 1. The number of nitrogens with one attached hydrogen (secondary N) is 1. The number of carbonyl (C=O) groups is 2. The predicted molar refractivity (Wildman–Crippen MR) is 93.0 cm³/mol. The lowest BCUT2D eigenvalue weighted by molar-refractivity contribution is -0.141. The molecule has 2 atom stereocenters. The van der Waals surface area contributed by atoms with Gasteiger partial charge in [-0.25, -0.2) is 4.79 Å². The number of rotatable bonds is 6. The molecule has 1 heterocycles. The summed E-state index contributed by atoms with van der Waals surface area (Å²) in [6.07, 6.45) is 0. The smallest absolute Gasteiger partial charge is 0.317 e. The lowest BCUT2D eigenvalue weighted by Crippen LogP contribution is -2.43. The summed E-state index contributed by atoms with van der Waals surface area (Å²) in [6.45, 7) is 6.79. The molecule has 7 heteroatoms. The molecule has 7 nitrogen and oxygen atoms in total. The number of carboxylic acid groups (broad SMARTS) is 1. The third-order valence-corrected chi connectivity index (χ3v) is 4.19. The second-order valence-electron chi connectivity index (χ2n) is 6.69. The fourth-order valence-electron chi connectivity index (χ4n) is 2.70. The van der Waals surface area contributed by atoms with Crippen molar-refractivity contribution in [1.29, 1.82) is 0 Å². The van der Waals surface area contributed by atoms with Crippen LogP contribution in [0.1, 0.15) is 32.4 Å². The van der Waals surface area contributed by atoms with Gasteiger partial charge in [0.15, 0.2) is 11.5 Å². The van der Waals surface area contributed by atoms with Crippen LogP contribution in [0.3, 0.4) is 0 Å². The standard InChI is InChI=1S/C18H26N2O5/c1-11(2)16(19-18(23)20(4)10-12(3)17(21)22)13-5-6-14-15(9-13)25-8-7-24-14/h5-6,9,11-12,16H,7-8,10H2,1-4H3,(H,19,23)(H,21,22). The van der Waals surface area contributed by atoms with E-state index >= 15 is 0 Å². The molecule has 1 aromatic carbocycles. The van der Waals surface area contributed by atoms with E-state index in [1.165, 1.54) is 4.90 Å². The zero-order valence-corrected chi connectivity index (χ0v) is 15.1. The van der Waals surface area contributed by atoms with Gasteiger partial charge in [-0.15, -0.1) is 0 Å². The van der Waals surface area contributed by atoms with Gasteiger partial charge in [0, 0.05) is 13.6 Å². The van der Waals surface area contributed by atoms with Crippen molar-refractivity contribution in [3.05, 3.63) is 23.8 Å². The number of nitrogens with zero attached hydrogens (tertiary/aromatic N) is 1. The average Bonchev–Trinajstić information content (AvgIpc) is 2.58. The van der Waals surface area contributed by atoms with Crippen molar-refractivity contribution >= 4 is 12.0 Å². The first-order chi connectivity index (χ1) is 11.8. The largest absolute Gasteiger partial charge is 0.486 e. The number of urea groups is 1.